The smallest absolute Gasteiger partial charge is 0.311 e. The highest BCUT2D eigenvalue weighted by Crippen LogP contribution is 2.38. The number of hydrogen-bond acceptors (Lipinski definition) is 5. The maximum atomic E-state index is 12.3. The maximum absolute atomic E-state index is 12.3. The zero-order valence-electron chi connectivity index (χ0n) is 16.8. The van der Waals surface area contributed by atoms with E-state index in [2.05, 4.69) is 107 Å². The highest BCUT2D eigenvalue weighted by molar-refractivity contribution is 14.1. The third-order valence-corrected chi connectivity index (χ3v) is 7.51. The fourth-order valence-corrected chi connectivity index (χ4v) is 7.41. The Bertz CT molecular complexity index is 723. The van der Waals surface area contributed by atoms with Gasteiger partial charge in [-0.05, 0) is 115 Å². The average molecular weight is 725 g/mol. The Balaban J connectivity index is 1.88. The van der Waals surface area contributed by atoms with Crippen LogP contribution in [0.25, 0.3) is 0 Å². The van der Waals surface area contributed by atoms with Gasteiger partial charge in [-0.2, -0.15) is 0 Å². The highest BCUT2D eigenvalue weighted by atomic mass is 127. The number of ether oxygens (including phenoxy) is 2. The van der Waals surface area contributed by atoms with Crippen molar-refractivity contribution >= 4 is 79.7 Å². The lowest BCUT2D eigenvalue weighted by Crippen LogP contribution is -2.60. The van der Waals surface area contributed by atoms with Crippen molar-refractivity contribution in [2.45, 2.75) is 70.6 Å². The number of halogens is 3. The van der Waals surface area contributed by atoms with Gasteiger partial charge in [0.1, 0.15) is 6.10 Å². The second-order valence-corrected chi connectivity index (χ2v) is 11.9. The molecule has 0 saturated carbocycles. The van der Waals surface area contributed by atoms with Crippen molar-refractivity contribution in [3.05, 3.63) is 22.8 Å². The first-order valence-electron chi connectivity index (χ1n) is 9.10. The molecule has 0 N–H and O–H groups in total. The van der Waals surface area contributed by atoms with Crippen LogP contribution in [0.4, 0.5) is 0 Å². The molecule has 5 nitrogen and oxygen atoms in total. The molecular formula is C20H26I3NO4. The van der Waals surface area contributed by atoms with Gasteiger partial charge in [-0.3, -0.25) is 14.5 Å². The van der Waals surface area contributed by atoms with Gasteiger partial charge in [-0.15, -0.1) is 0 Å². The molecule has 0 bridgehead atoms. The molecule has 1 heterocycles. The number of carbonyl (C=O) groups is 2. The number of esters is 2. The Morgan fingerprint density at radius 2 is 1.46 bits per heavy atom. The van der Waals surface area contributed by atoms with Crippen LogP contribution in [0, 0.1) is 10.7 Å². The number of nitrogens with zero attached hydrogens (tertiary/aromatic N) is 1. The lowest BCUT2D eigenvalue weighted by atomic mass is 9.79. The summed E-state index contributed by atoms with van der Waals surface area (Å²) in [4.78, 5) is 26.8. The predicted molar refractivity (Wildman–Crippen MR) is 134 cm³/mol. The van der Waals surface area contributed by atoms with Gasteiger partial charge >= 0.3 is 11.9 Å². The van der Waals surface area contributed by atoms with E-state index in [0.717, 1.165) is 23.6 Å². The monoisotopic (exact) mass is 725 g/mol. The van der Waals surface area contributed by atoms with Crippen LogP contribution >= 0.6 is 67.8 Å². The molecule has 0 spiro atoms. The highest BCUT2D eigenvalue weighted by Gasteiger charge is 2.44. The first-order chi connectivity index (χ1) is 12.8. The molecule has 1 aromatic rings. The zero-order chi connectivity index (χ0) is 21.3. The number of likely N-dealkylation sites (tertiary alicyclic amines) is 1. The Morgan fingerprint density at radius 3 is 1.96 bits per heavy atom. The summed E-state index contributed by atoms with van der Waals surface area (Å²) >= 11 is 6.52. The van der Waals surface area contributed by atoms with Gasteiger partial charge in [0, 0.05) is 27.5 Å². The van der Waals surface area contributed by atoms with Crippen molar-refractivity contribution in [1.82, 2.24) is 4.90 Å². The van der Waals surface area contributed by atoms with Crippen LogP contribution in [-0.2, 0) is 14.3 Å². The van der Waals surface area contributed by atoms with Gasteiger partial charge in [-0.25, -0.2) is 0 Å². The molecule has 28 heavy (non-hydrogen) atoms. The summed E-state index contributed by atoms with van der Waals surface area (Å²) in [5.41, 5.74) is -0.104. The number of piperidine rings is 1. The third kappa shape index (κ3) is 6.40. The summed E-state index contributed by atoms with van der Waals surface area (Å²) in [5.74, 6) is -0.207. The normalized spacial score (nSPS) is 19.3. The van der Waals surface area contributed by atoms with Gasteiger partial charge < -0.3 is 9.47 Å². The minimum Gasteiger partial charge on any atom is -0.462 e. The molecule has 8 heteroatoms. The van der Waals surface area contributed by atoms with E-state index in [0.29, 0.717) is 5.75 Å². The standard InChI is InChI=1S/C20H26I3NO4/c1-19(2)10-13(11-20(3,4)24(19)5)27-16(25)6-7-17(26)28-18-14(22)8-12(21)9-15(18)23/h8-9,13H,6-7,10-11H2,1-5H3. The number of hydrogen-bond donors (Lipinski definition) is 0. The van der Waals surface area contributed by atoms with E-state index < -0.39 is 5.97 Å². The molecule has 2 rings (SSSR count). The second kappa shape index (κ2) is 9.63. The van der Waals surface area contributed by atoms with E-state index in [1.165, 1.54) is 0 Å². The second-order valence-electron chi connectivity index (χ2n) is 8.38. The molecule has 0 amide bonds. The Labute approximate surface area is 208 Å². The minimum atomic E-state index is -0.418. The molecule has 0 aliphatic carbocycles. The fourth-order valence-electron chi connectivity index (χ4n) is 3.60. The fraction of sp³-hybridized carbons (Fsp3) is 0.600. The lowest BCUT2D eigenvalue weighted by Gasteiger charge is -2.53. The van der Waals surface area contributed by atoms with Crippen LogP contribution in [0.2, 0.25) is 0 Å². The van der Waals surface area contributed by atoms with Crippen molar-refractivity contribution in [2.24, 2.45) is 0 Å². The van der Waals surface area contributed by atoms with Gasteiger partial charge in [0.25, 0.3) is 0 Å². The SMILES string of the molecule is CN1C(C)(C)CC(OC(=O)CCC(=O)Oc2c(I)cc(I)cc2I)CC1(C)C. The van der Waals surface area contributed by atoms with Crippen molar-refractivity contribution in [2.75, 3.05) is 7.05 Å². The van der Waals surface area contributed by atoms with E-state index in [1.807, 2.05) is 12.1 Å². The molecule has 1 saturated heterocycles. The molecule has 0 radical (unpaired) electrons. The summed E-state index contributed by atoms with van der Waals surface area (Å²) in [6, 6.07) is 3.90. The summed E-state index contributed by atoms with van der Waals surface area (Å²) in [6.07, 6.45) is 1.47. The Hall–Kier alpha value is 0.310. The van der Waals surface area contributed by atoms with E-state index in [4.69, 9.17) is 9.47 Å². The molecule has 1 fully saturated rings. The van der Waals surface area contributed by atoms with Gasteiger partial charge in [0.05, 0.1) is 20.0 Å². The molecular weight excluding hydrogens is 699 g/mol. The number of carbonyl (C=O) groups excluding carboxylic acids is 2. The summed E-state index contributed by atoms with van der Waals surface area (Å²) in [7, 11) is 2.11. The third-order valence-electron chi connectivity index (χ3n) is 5.28. The van der Waals surface area contributed by atoms with Crippen LogP contribution in [0.1, 0.15) is 53.4 Å². The van der Waals surface area contributed by atoms with Crippen molar-refractivity contribution in [1.29, 1.82) is 0 Å². The molecule has 1 aliphatic heterocycles. The van der Waals surface area contributed by atoms with E-state index in [-0.39, 0.29) is 36.0 Å². The first kappa shape index (κ1) is 24.6. The van der Waals surface area contributed by atoms with Crippen molar-refractivity contribution in [3.8, 4) is 5.75 Å². The summed E-state index contributed by atoms with van der Waals surface area (Å²) in [5, 5.41) is 0. The molecule has 0 aromatic heterocycles. The van der Waals surface area contributed by atoms with Crippen molar-refractivity contribution in [3.63, 3.8) is 0 Å². The molecule has 0 unspecified atom stereocenters. The van der Waals surface area contributed by atoms with Gasteiger partial charge in [0.2, 0.25) is 0 Å². The Morgan fingerprint density at radius 1 is 1.00 bits per heavy atom. The van der Waals surface area contributed by atoms with Crippen LogP contribution in [0.15, 0.2) is 12.1 Å². The van der Waals surface area contributed by atoms with Crippen molar-refractivity contribution < 1.29 is 19.1 Å². The molecule has 1 aromatic carbocycles. The zero-order valence-corrected chi connectivity index (χ0v) is 23.2. The Kier molecular flexibility index (Phi) is 8.45. The minimum absolute atomic E-state index is 0.0103. The summed E-state index contributed by atoms with van der Waals surface area (Å²) in [6.45, 7) is 8.65. The molecule has 0 atom stereocenters. The van der Waals surface area contributed by atoms with Crippen LogP contribution in [0.5, 0.6) is 5.75 Å². The van der Waals surface area contributed by atoms with Gasteiger partial charge in [0.15, 0.2) is 5.75 Å². The van der Waals surface area contributed by atoms with Gasteiger partial charge in [-0.1, -0.05) is 0 Å². The van der Waals surface area contributed by atoms with E-state index in [1.54, 1.807) is 0 Å². The summed E-state index contributed by atoms with van der Waals surface area (Å²) < 4.78 is 14.0. The quantitative estimate of drug-likeness (QED) is 0.232. The average Bonchev–Trinajstić information content (AvgIpc) is 2.53. The first-order valence-corrected chi connectivity index (χ1v) is 12.3. The number of rotatable bonds is 5. The maximum Gasteiger partial charge on any atom is 0.311 e. The van der Waals surface area contributed by atoms with E-state index >= 15 is 0 Å². The van der Waals surface area contributed by atoms with Crippen LogP contribution < -0.4 is 4.74 Å². The largest absolute Gasteiger partial charge is 0.462 e. The molecule has 1 aliphatic rings. The predicted octanol–water partition coefficient (Wildman–Crippen LogP) is 5.38. The lowest BCUT2D eigenvalue weighted by molar-refractivity contribution is -0.160. The topological polar surface area (TPSA) is 55.8 Å². The number of benzene rings is 1. The van der Waals surface area contributed by atoms with E-state index in [9.17, 15) is 9.59 Å². The molecule has 156 valence electrons. The van der Waals surface area contributed by atoms with Crippen LogP contribution in [0.3, 0.4) is 0 Å². The van der Waals surface area contributed by atoms with Crippen LogP contribution in [-0.4, -0.2) is 41.1 Å².